The minimum atomic E-state index is -0.485. The summed E-state index contributed by atoms with van der Waals surface area (Å²) in [7, 11) is 0. The molecule has 2 heterocycles. The second-order valence-electron chi connectivity index (χ2n) is 5.30. The maximum Gasteiger partial charge on any atom is 0.266 e. The van der Waals surface area contributed by atoms with Crippen LogP contribution < -0.4 is 5.32 Å². The van der Waals surface area contributed by atoms with Gasteiger partial charge in [-0.05, 0) is 25.1 Å². The van der Waals surface area contributed by atoms with Crippen molar-refractivity contribution in [2.45, 2.75) is 6.92 Å². The summed E-state index contributed by atoms with van der Waals surface area (Å²) in [5.41, 5.74) is 0.759. The molecule has 126 valence electrons. The fourth-order valence-electron chi connectivity index (χ4n) is 2.36. The number of nitrogens with one attached hydrogen (secondary N) is 1. The van der Waals surface area contributed by atoms with E-state index in [0.717, 1.165) is 17.4 Å². The molecule has 0 spiro atoms. The van der Waals surface area contributed by atoms with Gasteiger partial charge in [-0.25, -0.2) is 9.37 Å². The number of carbonyl (C=O) groups excluding carboxylic acids is 2. The topological polar surface area (TPSA) is 71.5 Å². The first-order valence-corrected chi connectivity index (χ1v) is 8.27. The summed E-state index contributed by atoms with van der Waals surface area (Å²) >= 11 is 1.12. The molecule has 1 aromatic heterocycles. The van der Waals surface area contributed by atoms with E-state index in [1.54, 1.807) is 11.8 Å². The van der Waals surface area contributed by atoms with Crippen molar-refractivity contribution >= 4 is 28.3 Å². The highest BCUT2D eigenvalue weighted by Crippen LogP contribution is 2.25. The number of amides is 2. The number of carbonyl (C=O) groups is 2. The normalized spacial score (nSPS) is 14.5. The molecule has 1 aliphatic heterocycles. The smallest absolute Gasteiger partial charge is 0.266 e. The van der Waals surface area contributed by atoms with Crippen molar-refractivity contribution in [3.05, 3.63) is 46.2 Å². The highest BCUT2D eigenvalue weighted by atomic mass is 32.1. The molecule has 0 saturated carbocycles. The van der Waals surface area contributed by atoms with E-state index in [2.05, 4.69) is 10.3 Å². The molecule has 0 radical (unpaired) electrons. The van der Waals surface area contributed by atoms with E-state index in [-0.39, 0.29) is 11.5 Å². The van der Waals surface area contributed by atoms with E-state index in [9.17, 15) is 14.0 Å². The number of anilines is 1. The van der Waals surface area contributed by atoms with Crippen LogP contribution in [0.3, 0.4) is 0 Å². The summed E-state index contributed by atoms with van der Waals surface area (Å²) in [4.78, 5) is 31.1. The van der Waals surface area contributed by atoms with Crippen LogP contribution in [0.25, 0.3) is 0 Å². The second kappa shape index (κ2) is 7.06. The lowest BCUT2D eigenvalue weighted by Gasteiger charge is -2.26. The summed E-state index contributed by atoms with van der Waals surface area (Å²) in [6, 6.07) is 5.39. The van der Waals surface area contributed by atoms with Crippen molar-refractivity contribution in [1.29, 1.82) is 0 Å². The molecule has 8 heteroatoms. The molecule has 1 aliphatic rings. The van der Waals surface area contributed by atoms with Crippen LogP contribution in [0.1, 0.15) is 25.7 Å². The molecule has 0 aliphatic carbocycles. The molecule has 1 fully saturated rings. The Hall–Kier alpha value is -2.32. The predicted octanol–water partition coefficient (Wildman–Crippen LogP) is 2.32. The highest BCUT2D eigenvalue weighted by molar-refractivity contribution is 7.17. The van der Waals surface area contributed by atoms with E-state index in [4.69, 9.17) is 4.74 Å². The fraction of sp³-hybridized carbons (Fsp3) is 0.312. The number of nitrogens with zero attached hydrogens (tertiary/aromatic N) is 2. The maximum absolute atomic E-state index is 13.2. The Morgan fingerprint density at radius 3 is 2.79 bits per heavy atom. The van der Waals surface area contributed by atoms with E-state index in [0.29, 0.717) is 42.0 Å². The van der Waals surface area contributed by atoms with Gasteiger partial charge in [-0.15, -0.1) is 0 Å². The van der Waals surface area contributed by atoms with Gasteiger partial charge in [-0.2, -0.15) is 0 Å². The minimum absolute atomic E-state index is 0.112. The van der Waals surface area contributed by atoms with E-state index < -0.39 is 11.7 Å². The number of benzene rings is 1. The average Bonchev–Trinajstić information content (AvgIpc) is 2.95. The number of ether oxygens (including phenoxy) is 1. The lowest BCUT2D eigenvalue weighted by Crippen LogP contribution is -2.40. The van der Waals surface area contributed by atoms with Crippen molar-refractivity contribution < 1.29 is 18.7 Å². The highest BCUT2D eigenvalue weighted by Gasteiger charge is 2.23. The number of thiazole rings is 1. The van der Waals surface area contributed by atoms with Gasteiger partial charge in [-0.1, -0.05) is 17.4 Å². The fourth-order valence-corrected chi connectivity index (χ4v) is 3.29. The van der Waals surface area contributed by atoms with Crippen molar-refractivity contribution in [1.82, 2.24) is 9.88 Å². The Balaban J connectivity index is 1.74. The molecule has 1 aromatic carbocycles. The molecule has 3 rings (SSSR count). The standard InChI is InChI=1S/C16H16FN3O3S/c1-10-13(15(22)20-5-7-23-8-6-20)24-16(18-10)19-14(21)11-3-2-4-12(17)9-11/h2-4,9H,5-8H2,1H3,(H,18,19,21). The molecule has 2 amide bonds. The lowest BCUT2D eigenvalue weighted by molar-refractivity contribution is 0.0305. The van der Waals surface area contributed by atoms with Crippen molar-refractivity contribution in [3.63, 3.8) is 0 Å². The summed E-state index contributed by atoms with van der Waals surface area (Å²) in [5, 5.41) is 2.93. The summed E-state index contributed by atoms with van der Waals surface area (Å²) < 4.78 is 18.4. The van der Waals surface area contributed by atoms with Gasteiger partial charge >= 0.3 is 0 Å². The van der Waals surface area contributed by atoms with Crippen LogP contribution in [0.4, 0.5) is 9.52 Å². The van der Waals surface area contributed by atoms with E-state index in [1.807, 2.05) is 0 Å². The second-order valence-corrected chi connectivity index (χ2v) is 6.30. The van der Waals surface area contributed by atoms with Gasteiger partial charge in [0.15, 0.2) is 5.13 Å². The first kappa shape index (κ1) is 16.5. The van der Waals surface area contributed by atoms with Gasteiger partial charge in [0.2, 0.25) is 0 Å². The average molecular weight is 349 g/mol. The third kappa shape index (κ3) is 3.60. The van der Waals surface area contributed by atoms with Crippen molar-refractivity contribution in [3.8, 4) is 0 Å². The van der Waals surface area contributed by atoms with Gasteiger partial charge in [0, 0.05) is 18.7 Å². The first-order chi connectivity index (χ1) is 11.5. The van der Waals surface area contributed by atoms with Crippen LogP contribution in [0, 0.1) is 12.7 Å². The van der Waals surface area contributed by atoms with Crippen molar-refractivity contribution in [2.24, 2.45) is 0 Å². The number of aromatic nitrogens is 1. The summed E-state index contributed by atoms with van der Waals surface area (Å²) in [5.74, 6) is -1.06. The molecular weight excluding hydrogens is 333 g/mol. The molecule has 0 unspecified atom stereocenters. The Bertz CT molecular complexity index is 772. The van der Waals surface area contributed by atoms with Crippen LogP contribution in [-0.4, -0.2) is 48.0 Å². The number of morpholine rings is 1. The molecule has 24 heavy (non-hydrogen) atoms. The van der Waals surface area contributed by atoms with Crippen LogP contribution in [0.15, 0.2) is 24.3 Å². The molecule has 0 atom stereocenters. The zero-order chi connectivity index (χ0) is 17.1. The molecule has 6 nitrogen and oxygen atoms in total. The lowest BCUT2D eigenvalue weighted by atomic mass is 10.2. The minimum Gasteiger partial charge on any atom is -0.378 e. The van der Waals surface area contributed by atoms with E-state index >= 15 is 0 Å². The van der Waals surface area contributed by atoms with Gasteiger partial charge < -0.3 is 9.64 Å². The van der Waals surface area contributed by atoms with Gasteiger partial charge in [-0.3, -0.25) is 14.9 Å². The van der Waals surface area contributed by atoms with Crippen molar-refractivity contribution in [2.75, 3.05) is 31.6 Å². The SMILES string of the molecule is Cc1nc(NC(=O)c2cccc(F)c2)sc1C(=O)N1CCOCC1. The number of halogens is 1. The Labute approximate surface area is 142 Å². The number of hydrogen-bond donors (Lipinski definition) is 1. The molecular formula is C16H16FN3O3S. The number of aryl methyl sites for hydroxylation is 1. The van der Waals surface area contributed by atoms with Gasteiger partial charge in [0.25, 0.3) is 11.8 Å². The zero-order valence-corrected chi connectivity index (χ0v) is 13.9. The predicted molar refractivity (Wildman–Crippen MR) is 87.9 cm³/mol. The Morgan fingerprint density at radius 1 is 1.33 bits per heavy atom. The summed E-state index contributed by atoms with van der Waals surface area (Å²) in [6.45, 7) is 3.85. The van der Waals surface area contributed by atoms with Crippen LogP contribution >= 0.6 is 11.3 Å². The number of rotatable bonds is 3. The zero-order valence-electron chi connectivity index (χ0n) is 13.0. The number of hydrogen-bond acceptors (Lipinski definition) is 5. The largest absolute Gasteiger partial charge is 0.378 e. The van der Waals surface area contributed by atoms with Gasteiger partial charge in [0.1, 0.15) is 10.7 Å². The van der Waals surface area contributed by atoms with Crippen LogP contribution in [0.5, 0.6) is 0 Å². The third-order valence-corrected chi connectivity index (χ3v) is 4.66. The maximum atomic E-state index is 13.2. The Kier molecular flexibility index (Phi) is 4.86. The quantitative estimate of drug-likeness (QED) is 0.923. The molecule has 1 N–H and O–H groups in total. The van der Waals surface area contributed by atoms with Crippen LogP contribution in [-0.2, 0) is 4.74 Å². The molecule has 1 saturated heterocycles. The Morgan fingerprint density at radius 2 is 2.08 bits per heavy atom. The van der Waals surface area contributed by atoms with E-state index in [1.165, 1.54) is 18.2 Å². The monoisotopic (exact) mass is 349 g/mol. The molecule has 2 aromatic rings. The molecule has 0 bridgehead atoms. The first-order valence-electron chi connectivity index (χ1n) is 7.46. The third-order valence-electron chi connectivity index (χ3n) is 3.60. The van der Waals surface area contributed by atoms with Crippen LogP contribution in [0.2, 0.25) is 0 Å². The van der Waals surface area contributed by atoms with Gasteiger partial charge in [0.05, 0.1) is 18.9 Å². The summed E-state index contributed by atoms with van der Waals surface area (Å²) in [6.07, 6.45) is 0.